The number of hydrogen-bond acceptors (Lipinski definition) is 17. The van der Waals surface area contributed by atoms with Crippen LogP contribution in [-0.4, -0.2) is 182 Å². The first-order valence-electron chi connectivity index (χ1n) is 27.8. The summed E-state index contributed by atoms with van der Waals surface area (Å²) in [6.07, 6.45) is 10.7. The van der Waals surface area contributed by atoms with Crippen LogP contribution in [0.15, 0.2) is 92.1 Å². The number of piperidine rings is 1. The second-order valence-corrected chi connectivity index (χ2v) is 24.9. The van der Waals surface area contributed by atoms with E-state index >= 15 is 0 Å². The van der Waals surface area contributed by atoms with E-state index in [0.29, 0.717) is 126 Å². The molecule has 2 aromatic heterocycles. The standard InChI is InChI=1S/C28H30ClFN6O5S.C16H12BrClFN3O2S.C13H20N2O3.CH4/c1-41-27(39)22-21(32-24(25-31-6-9-42-25)33-23(22)19-5-3-16(30)11-20(19)29)14-34-7-8-35-18(12-34)13-36(28(35)40)17-4-2-15(10-17)26(37)38;1-24-16(23)12-11(7-17)21-14(15-20-4-5-25-15)22-13(12)9-3-2-8(19)6-10(9)18;16-12(17)9-4-5-10(7-9)15-8-11-3-1-2-6-14(11)13(15)18;/h3,5-6,9,11,15,17-18,23H,2,4,7-8,10,12-14H2,1H3,(H,32,33)(H,37,38);2-6,13H,7H2,1H3,(H,21,22);9-11H,1-8H2,(H,16,17);1H4/t15?,17?,18-,23-;13-;9?,10?,11-;/m000./s1. The van der Waals surface area contributed by atoms with Crippen LogP contribution >= 0.6 is 61.8 Å². The highest BCUT2D eigenvalue weighted by atomic mass is 79.9. The number of hydrogen-bond donors (Lipinski definition) is 4. The Balaban J connectivity index is 0.000000170. The number of allylic oxidation sites excluding steroid dienone is 1. The fourth-order valence-electron chi connectivity index (χ4n) is 12.5. The number of methoxy groups -OCH3 is 2. The smallest absolute Gasteiger partial charge is 0.338 e. The number of nitrogens with zero attached hydrogens (tertiary/aromatic N) is 9. The molecule has 8 heterocycles. The molecule has 8 aliphatic rings. The number of fused-ring (bicyclic) bond motifs is 2. The minimum atomic E-state index is -0.852. The average Bonchev–Trinajstić information content (AvgIpc) is 1.42. The van der Waals surface area contributed by atoms with Gasteiger partial charge in [-0.2, -0.15) is 0 Å². The van der Waals surface area contributed by atoms with Crippen molar-refractivity contribution in [3.05, 3.63) is 125 Å². The molecule has 4 saturated heterocycles. The average molecular weight is 1330 g/mol. The van der Waals surface area contributed by atoms with Crippen LogP contribution in [0.3, 0.4) is 0 Å². The van der Waals surface area contributed by atoms with Crippen molar-refractivity contribution in [1.29, 1.82) is 0 Å². The Hall–Kier alpha value is -6.58. The molecule has 4 aromatic rings. The van der Waals surface area contributed by atoms with E-state index in [1.54, 1.807) is 12.4 Å². The molecule has 28 heteroatoms. The molecule has 2 aromatic carbocycles. The number of thiazole rings is 2. The largest absolute Gasteiger partial charge is 0.481 e. The third-order valence-corrected chi connectivity index (χ3v) is 19.5. The maximum absolute atomic E-state index is 13.9. The maximum Gasteiger partial charge on any atom is 0.338 e. The van der Waals surface area contributed by atoms with Gasteiger partial charge in [0, 0.05) is 119 Å². The van der Waals surface area contributed by atoms with E-state index < -0.39 is 53.5 Å². The first kappa shape index (κ1) is 63.9. The van der Waals surface area contributed by atoms with Crippen LogP contribution in [0.5, 0.6) is 0 Å². The number of alkyl halides is 1. The van der Waals surface area contributed by atoms with Crippen molar-refractivity contribution >= 4 is 109 Å². The van der Waals surface area contributed by atoms with Gasteiger partial charge in [0.15, 0.2) is 21.7 Å². The fraction of sp³-hybridized carbons (Fsp3) is 0.483. The molecule has 2 saturated carbocycles. The lowest BCUT2D eigenvalue weighted by Crippen LogP contribution is -2.53. The number of aliphatic imine (C=N–C) groups is 2. The number of urea groups is 2. The number of halogens is 5. The Bertz CT molecular complexity index is 3340. The number of amidine groups is 2. The summed E-state index contributed by atoms with van der Waals surface area (Å²) in [5, 5.41) is 30.5. The van der Waals surface area contributed by atoms with E-state index in [9.17, 15) is 42.7 Å². The number of rotatable bonds is 13. The molecule has 4 unspecified atom stereocenters. The van der Waals surface area contributed by atoms with Crippen molar-refractivity contribution < 1.29 is 57.2 Å². The summed E-state index contributed by atoms with van der Waals surface area (Å²) in [6.45, 7) is 4.23. The fourth-order valence-corrected chi connectivity index (χ4v) is 14.7. The summed E-state index contributed by atoms with van der Waals surface area (Å²) in [5.41, 5.74) is 2.72. The van der Waals surface area contributed by atoms with Crippen molar-refractivity contribution in [2.75, 3.05) is 65.4 Å². The van der Waals surface area contributed by atoms with Crippen LogP contribution in [0.2, 0.25) is 10.0 Å². The van der Waals surface area contributed by atoms with Crippen LogP contribution in [0.25, 0.3) is 0 Å². The predicted molar refractivity (Wildman–Crippen MR) is 323 cm³/mol. The zero-order valence-corrected chi connectivity index (χ0v) is 51.0. The highest BCUT2D eigenvalue weighted by Gasteiger charge is 2.47. The molecule has 6 fully saturated rings. The Morgan fingerprint density at radius 2 is 1.14 bits per heavy atom. The van der Waals surface area contributed by atoms with Gasteiger partial charge in [0.1, 0.15) is 23.7 Å². The number of aliphatic carboxylic acids is 2. The van der Waals surface area contributed by atoms with Gasteiger partial charge in [0.05, 0.1) is 49.3 Å². The summed E-state index contributed by atoms with van der Waals surface area (Å²) < 4.78 is 37.4. The normalized spacial score (nSPS) is 25.3. The van der Waals surface area contributed by atoms with Crippen LogP contribution < -0.4 is 10.6 Å². The number of amides is 4. The van der Waals surface area contributed by atoms with E-state index in [1.165, 1.54) is 79.7 Å². The molecule has 21 nitrogen and oxygen atoms in total. The summed E-state index contributed by atoms with van der Waals surface area (Å²) in [5.74, 6) is -3.26. The minimum absolute atomic E-state index is 0. The first-order valence-corrected chi connectivity index (χ1v) is 31.5. The lowest BCUT2D eigenvalue weighted by molar-refractivity contribution is -0.142. The predicted octanol–water partition coefficient (Wildman–Crippen LogP) is 9.14. The number of carboxylic acid groups (broad SMARTS) is 2. The number of esters is 2. The number of carboxylic acids is 2. The zero-order chi connectivity index (χ0) is 60.2. The Kier molecular flexibility index (Phi) is 20.9. The van der Waals surface area contributed by atoms with E-state index in [-0.39, 0.29) is 59.2 Å². The molecule has 460 valence electrons. The van der Waals surface area contributed by atoms with Crippen molar-refractivity contribution in [2.45, 2.75) is 101 Å². The number of nitrogens with one attached hydrogen (secondary N) is 2. The molecule has 4 N–H and O–H groups in total. The lowest BCUT2D eigenvalue weighted by atomic mass is 9.95. The van der Waals surface area contributed by atoms with Crippen molar-refractivity contribution in [2.24, 2.45) is 21.8 Å². The van der Waals surface area contributed by atoms with Crippen molar-refractivity contribution in [1.82, 2.24) is 45.1 Å². The second kappa shape index (κ2) is 28.1. The third kappa shape index (κ3) is 13.7. The van der Waals surface area contributed by atoms with Gasteiger partial charge >= 0.3 is 35.9 Å². The van der Waals surface area contributed by atoms with Gasteiger partial charge in [-0.05, 0) is 82.1 Å². The van der Waals surface area contributed by atoms with Gasteiger partial charge in [-0.1, -0.05) is 58.7 Å². The third-order valence-electron chi connectivity index (χ3n) is 16.7. The number of ether oxygens (including phenoxy) is 2. The summed E-state index contributed by atoms with van der Waals surface area (Å²) in [6, 6.07) is 6.94. The molecular weight excluding hydrogens is 1260 g/mol. The molecule has 4 amide bonds. The van der Waals surface area contributed by atoms with Crippen LogP contribution in [-0.2, 0) is 28.7 Å². The topological polar surface area (TPSA) is 252 Å². The Morgan fingerprint density at radius 1 is 0.651 bits per heavy atom. The highest BCUT2D eigenvalue weighted by Crippen LogP contribution is 2.41. The van der Waals surface area contributed by atoms with E-state index in [2.05, 4.69) is 46.4 Å². The maximum atomic E-state index is 13.9. The van der Waals surface area contributed by atoms with Gasteiger partial charge in [-0.3, -0.25) is 24.5 Å². The van der Waals surface area contributed by atoms with Crippen LogP contribution in [0.4, 0.5) is 18.4 Å². The minimum Gasteiger partial charge on any atom is -0.481 e. The molecule has 0 spiro atoms. The van der Waals surface area contributed by atoms with Crippen LogP contribution in [0.1, 0.15) is 98.4 Å². The van der Waals surface area contributed by atoms with Gasteiger partial charge in [0.25, 0.3) is 0 Å². The number of piperazine rings is 1. The highest BCUT2D eigenvalue weighted by molar-refractivity contribution is 9.09. The molecule has 8 atom stereocenters. The quantitative estimate of drug-likeness (QED) is 0.0719. The Morgan fingerprint density at radius 3 is 1.58 bits per heavy atom. The summed E-state index contributed by atoms with van der Waals surface area (Å²) in [7, 11) is 2.59. The number of carbonyl (C=O) groups is 6. The summed E-state index contributed by atoms with van der Waals surface area (Å²) in [4.78, 5) is 101. The van der Waals surface area contributed by atoms with Gasteiger partial charge in [-0.25, -0.2) is 37.9 Å². The van der Waals surface area contributed by atoms with Gasteiger partial charge in [-0.15, -0.1) is 22.7 Å². The second-order valence-electron chi connectivity index (χ2n) is 21.7. The number of aromatic nitrogens is 2. The lowest BCUT2D eigenvalue weighted by Gasteiger charge is -2.38. The zero-order valence-electron chi connectivity index (χ0n) is 46.3. The number of benzene rings is 2. The number of carbonyl (C=O) groups excluding carboxylic acids is 4. The van der Waals surface area contributed by atoms with Crippen molar-refractivity contribution in [3.8, 4) is 0 Å². The van der Waals surface area contributed by atoms with Gasteiger partial charge in [0.2, 0.25) is 0 Å². The molecular formula is C58H66BrCl2F2N11O10S2. The van der Waals surface area contributed by atoms with Crippen molar-refractivity contribution in [3.63, 3.8) is 0 Å². The first-order chi connectivity index (χ1) is 40.9. The monoisotopic (exact) mass is 1330 g/mol. The Labute approximate surface area is 522 Å². The SMILES string of the molecule is C.COC(=O)C1=C(CBr)NC(c2nccs2)=N[C@H]1c1ccc(F)cc1Cl.COC(=O)C1=C(CN2CCN3C(=O)N(C4CCC(C(=O)O)C4)C[C@@H]3C2)NC(c2nccs2)=N[C@H]1c1ccc(F)cc1Cl.O=C(O)C1CCC(N2C[C@@H]3CCCCN3C2=O)C1. The molecule has 12 rings (SSSR count). The molecule has 0 bridgehead atoms. The van der Waals surface area contributed by atoms with Gasteiger partial charge < -0.3 is 49.9 Å². The van der Waals surface area contributed by atoms with Crippen LogP contribution in [0, 0.1) is 23.5 Å². The summed E-state index contributed by atoms with van der Waals surface area (Å²) >= 11 is 18.8. The van der Waals surface area contributed by atoms with E-state index in [4.69, 9.17) is 42.8 Å². The molecule has 6 aliphatic heterocycles. The molecule has 0 radical (unpaired) electrons. The van der Waals surface area contributed by atoms with E-state index in [1.807, 2.05) is 30.4 Å². The molecule has 2 aliphatic carbocycles. The van der Waals surface area contributed by atoms with E-state index in [0.717, 1.165) is 32.4 Å². The molecule has 86 heavy (non-hydrogen) atoms.